The molecule has 1 heterocycles. The van der Waals surface area contributed by atoms with Gasteiger partial charge in [-0.05, 0) is 12.1 Å². The van der Waals surface area contributed by atoms with Gasteiger partial charge in [-0.2, -0.15) is 0 Å². The summed E-state index contributed by atoms with van der Waals surface area (Å²) < 4.78 is 30.8. The summed E-state index contributed by atoms with van der Waals surface area (Å²) in [6.07, 6.45) is 2.43. The average Bonchev–Trinajstić information content (AvgIpc) is 2.17. The predicted octanol–water partition coefficient (Wildman–Crippen LogP) is -3.24. The summed E-state index contributed by atoms with van der Waals surface area (Å²) in [5, 5.41) is 2.87. The normalized spacial score (nSPS) is 10.8. The van der Waals surface area contributed by atoms with E-state index >= 15 is 0 Å². The molecule has 1 rings (SSSR count). The van der Waals surface area contributed by atoms with Crippen LogP contribution in [0, 0.1) is 0 Å². The minimum absolute atomic E-state index is 0. The zero-order valence-electron chi connectivity index (χ0n) is 9.22. The molecule has 0 aromatic carbocycles. The first-order valence-corrected chi connectivity index (χ1v) is 6.20. The van der Waals surface area contributed by atoms with Crippen molar-refractivity contribution in [1.29, 1.82) is 0 Å². The third-order valence-electron chi connectivity index (χ3n) is 1.81. The van der Waals surface area contributed by atoms with Crippen molar-refractivity contribution in [2.24, 2.45) is 0 Å². The van der Waals surface area contributed by atoms with E-state index in [1.807, 2.05) is 18.2 Å². The van der Waals surface area contributed by atoms with Crippen molar-refractivity contribution < 1.29 is 42.5 Å². The third kappa shape index (κ3) is 8.20. The summed E-state index contributed by atoms with van der Waals surface area (Å²) in [7, 11) is -4.10. The number of rotatable bonds is 6. The molecule has 5 nitrogen and oxygen atoms in total. The quantitative estimate of drug-likeness (QED) is 0.327. The van der Waals surface area contributed by atoms with E-state index in [0.29, 0.717) is 6.54 Å². The van der Waals surface area contributed by atoms with Gasteiger partial charge < -0.3 is 9.87 Å². The topological polar surface area (TPSA) is 82.1 Å². The Morgan fingerprint density at radius 2 is 2.06 bits per heavy atom. The first-order chi connectivity index (χ1) is 7.08. The largest absolute Gasteiger partial charge is 1.00 e. The molecule has 0 saturated heterocycles. The summed E-state index contributed by atoms with van der Waals surface area (Å²) in [6.45, 7) is 0.811. The maximum absolute atomic E-state index is 10.3. The molecule has 0 amide bonds. The monoisotopic (exact) mass is 252 g/mol. The van der Waals surface area contributed by atoms with Crippen molar-refractivity contribution in [2.75, 3.05) is 18.8 Å². The van der Waals surface area contributed by atoms with Gasteiger partial charge >= 0.3 is 29.6 Å². The van der Waals surface area contributed by atoms with Crippen LogP contribution >= 0.6 is 0 Å². The summed E-state index contributed by atoms with van der Waals surface area (Å²) in [5.41, 5.74) is 0.940. The summed E-state index contributed by atoms with van der Waals surface area (Å²) in [4.78, 5) is 4.11. The maximum Gasteiger partial charge on any atom is 1.00 e. The molecule has 1 aromatic rings. The molecule has 0 fully saturated rings. The Labute approximate surface area is 118 Å². The molecular weight excluding hydrogens is 239 g/mol. The van der Waals surface area contributed by atoms with Crippen LogP contribution in [0.5, 0.6) is 0 Å². The van der Waals surface area contributed by atoms with E-state index in [1.165, 1.54) is 0 Å². The first-order valence-electron chi connectivity index (χ1n) is 4.62. The molecule has 0 spiro atoms. The van der Waals surface area contributed by atoms with Crippen molar-refractivity contribution in [3.8, 4) is 0 Å². The van der Waals surface area contributed by atoms with Gasteiger partial charge in [0.05, 0.1) is 15.9 Å². The van der Waals surface area contributed by atoms with Gasteiger partial charge in [-0.15, -0.1) is 0 Å². The van der Waals surface area contributed by atoms with Crippen LogP contribution < -0.4 is 34.9 Å². The second-order valence-electron chi connectivity index (χ2n) is 3.08. The Morgan fingerprint density at radius 1 is 1.31 bits per heavy atom. The summed E-state index contributed by atoms with van der Waals surface area (Å²) >= 11 is 0. The van der Waals surface area contributed by atoms with Crippen LogP contribution in [0.1, 0.15) is 5.69 Å². The number of hydrogen-bond donors (Lipinski definition) is 1. The Hall–Kier alpha value is 0.0200. The van der Waals surface area contributed by atoms with Gasteiger partial charge in [0.2, 0.25) is 0 Å². The fourth-order valence-electron chi connectivity index (χ4n) is 1.08. The molecule has 0 bridgehead atoms. The molecule has 0 aliphatic rings. The van der Waals surface area contributed by atoms with E-state index in [0.717, 1.165) is 12.1 Å². The van der Waals surface area contributed by atoms with Crippen LogP contribution in [-0.2, 0) is 16.5 Å². The second kappa shape index (κ2) is 8.16. The third-order valence-corrected chi connectivity index (χ3v) is 2.52. The van der Waals surface area contributed by atoms with Crippen molar-refractivity contribution in [3.05, 3.63) is 30.1 Å². The number of hydrogen-bond acceptors (Lipinski definition) is 5. The predicted molar refractivity (Wildman–Crippen MR) is 55.4 cm³/mol. The molecule has 0 atom stereocenters. The minimum atomic E-state index is -4.10. The molecule has 84 valence electrons. The zero-order chi connectivity index (χ0) is 11.1. The van der Waals surface area contributed by atoms with Crippen LogP contribution in [0.3, 0.4) is 0 Å². The molecule has 0 unspecified atom stereocenters. The number of aromatic nitrogens is 1. The van der Waals surface area contributed by atoms with Crippen LogP contribution in [0.4, 0.5) is 0 Å². The zero-order valence-corrected chi connectivity index (χ0v) is 12.0. The van der Waals surface area contributed by atoms with Crippen LogP contribution in [0.2, 0.25) is 0 Å². The van der Waals surface area contributed by atoms with Gasteiger partial charge in [0.25, 0.3) is 0 Å². The molecule has 0 aliphatic carbocycles. The van der Waals surface area contributed by atoms with E-state index in [2.05, 4.69) is 10.3 Å². The van der Waals surface area contributed by atoms with E-state index in [4.69, 9.17) is 0 Å². The van der Waals surface area contributed by atoms with Crippen molar-refractivity contribution in [3.63, 3.8) is 0 Å². The Balaban J connectivity index is 0.00000225. The Kier molecular flexibility index (Phi) is 8.17. The van der Waals surface area contributed by atoms with Crippen LogP contribution in [0.25, 0.3) is 0 Å². The number of nitrogens with zero attached hydrogens (tertiary/aromatic N) is 1. The van der Waals surface area contributed by atoms with E-state index < -0.39 is 10.1 Å². The number of nitrogens with one attached hydrogen (secondary N) is 1. The Bertz CT molecular complexity index is 383. The molecule has 0 aliphatic heterocycles. The first kappa shape index (κ1) is 16.0. The molecule has 1 aromatic heterocycles. The van der Waals surface area contributed by atoms with E-state index in [9.17, 15) is 13.0 Å². The second-order valence-corrected chi connectivity index (χ2v) is 4.61. The Morgan fingerprint density at radius 3 is 2.62 bits per heavy atom. The molecule has 1 N–H and O–H groups in total. The minimum Gasteiger partial charge on any atom is -0.748 e. The average molecular weight is 252 g/mol. The van der Waals surface area contributed by atoms with Crippen LogP contribution in [0.15, 0.2) is 24.4 Å². The van der Waals surface area contributed by atoms with Crippen molar-refractivity contribution in [1.82, 2.24) is 10.3 Å². The van der Waals surface area contributed by atoms with Crippen molar-refractivity contribution in [2.45, 2.75) is 6.42 Å². The van der Waals surface area contributed by atoms with E-state index in [1.54, 1.807) is 6.20 Å². The van der Waals surface area contributed by atoms with Gasteiger partial charge in [0.15, 0.2) is 0 Å². The number of pyridine rings is 1. The summed E-state index contributed by atoms with van der Waals surface area (Å²) in [5.74, 6) is -0.366. The molecule has 0 saturated carbocycles. The molecule has 7 heteroatoms. The van der Waals surface area contributed by atoms with Gasteiger partial charge in [0, 0.05) is 31.4 Å². The fraction of sp³-hybridized carbons (Fsp3) is 0.444. The molecule has 0 radical (unpaired) electrons. The van der Waals surface area contributed by atoms with Gasteiger partial charge in [-0.1, -0.05) is 6.07 Å². The molecule has 16 heavy (non-hydrogen) atoms. The van der Waals surface area contributed by atoms with E-state index in [-0.39, 0.29) is 41.9 Å². The molecular formula is C9H13N2NaO3S. The standard InChI is InChI=1S/C9H14N2O3S.Na/c12-15(13,14)8-7-10-6-4-9-3-1-2-5-11-9;/h1-3,5,10H,4,6-8H2,(H,12,13,14);/q;+1/p-1. The van der Waals surface area contributed by atoms with Crippen LogP contribution in [-0.4, -0.2) is 36.8 Å². The van der Waals surface area contributed by atoms with Gasteiger partial charge in [-0.25, -0.2) is 8.42 Å². The smallest absolute Gasteiger partial charge is 0.748 e. The van der Waals surface area contributed by atoms with Crippen molar-refractivity contribution >= 4 is 10.1 Å². The fourth-order valence-corrected chi connectivity index (χ4v) is 1.48. The maximum atomic E-state index is 10.3. The summed E-state index contributed by atoms with van der Waals surface area (Å²) in [6, 6.07) is 5.62. The van der Waals surface area contributed by atoms with Gasteiger partial charge in [0.1, 0.15) is 0 Å². The SMILES string of the molecule is O=S(=O)([O-])CCNCCc1ccccn1.[Na+]. The van der Waals surface area contributed by atoms with Gasteiger partial charge in [-0.3, -0.25) is 4.98 Å².